The van der Waals surface area contributed by atoms with Crippen LogP contribution < -0.4 is 4.90 Å². The summed E-state index contributed by atoms with van der Waals surface area (Å²) in [6.45, 7) is 6.55. The third kappa shape index (κ3) is 3.72. The third-order valence-electron chi connectivity index (χ3n) is 5.80. The van der Waals surface area contributed by atoms with Gasteiger partial charge in [-0.25, -0.2) is 19.5 Å². The molecule has 9 heteroatoms. The van der Waals surface area contributed by atoms with E-state index in [0.29, 0.717) is 24.4 Å². The molecule has 2 saturated heterocycles. The van der Waals surface area contributed by atoms with Crippen molar-refractivity contribution in [1.29, 1.82) is 0 Å². The van der Waals surface area contributed by atoms with E-state index in [0.717, 1.165) is 56.5 Å². The summed E-state index contributed by atoms with van der Waals surface area (Å²) >= 11 is 0. The maximum absolute atomic E-state index is 12.9. The zero-order valence-electron chi connectivity index (χ0n) is 17.1. The van der Waals surface area contributed by atoms with Gasteiger partial charge < -0.3 is 14.5 Å². The molecule has 0 N–H and O–H groups in total. The molecule has 0 spiro atoms. The molecule has 0 radical (unpaired) electrons. The molecule has 2 fully saturated rings. The van der Waals surface area contributed by atoms with Gasteiger partial charge in [-0.05, 0) is 25.8 Å². The molecule has 1 amide bonds. The average Bonchev–Trinajstić information content (AvgIpc) is 3.23. The van der Waals surface area contributed by atoms with E-state index in [1.54, 1.807) is 29.0 Å². The number of aryl methyl sites for hydroxylation is 1. The molecular formula is C21H25N7O2. The van der Waals surface area contributed by atoms with E-state index in [4.69, 9.17) is 14.7 Å². The minimum absolute atomic E-state index is 0.0434. The van der Waals surface area contributed by atoms with Gasteiger partial charge in [-0.2, -0.15) is 5.10 Å². The number of rotatable bonds is 3. The molecule has 0 atom stereocenters. The first-order valence-corrected chi connectivity index (χ1v) is 10.5. The number of hydrogen-bond acceptors (Lipinski definition) is 7. The van der Waals surface area contributed by atoms with E-state index >= 15 is 0 Å². The first-order valence-electron chi connectivity index (χ1n) is 10.5. The van der Waals surface area contributed by atoms with Crippen molar-refractivity contribution >= 4 is 17.4 Å². The normalized spacial score (nSPS) is 18.2. The van der Waals surface area contributed by atoms with Crippen molar-refractivity contribution in [1.82, 2.24) is 29.5 Å². The molecule has 5 rings (SSSR count). The number of aromatic nitrogens is 5. The van der Waals surface area contributed by atoms with E-state index in [-0.39, 0.29) is 11.8 Å². The number of carbonyl (C=O) groups is 1. The molecule has 0 bridgehead atoms. The Morgan fingerprint density at radius 1 is 1.10 bits per heavy atom. The van der Waals surface area contributed by atoms with Crippen molar-refractivity contribution in [2.75, 3.05) is 44.3 Å². The predicted molar refractivity (Wildman–Crippen MR) is 111 cm³/mol. The Hall–Kier alpha value is -3.07. The number of carbonyl (C=O) groups excluding carboxylic acids is 1. The number of morpholine rings is 1. The molecule has 0 aliphatic carbocycles. The van der Waals surface area contributed by atoms with Crippen molar-refractivity contribution in [3.63, 3.8) is 0 Å². The predicted octanol–water partition coefficient (Wildman–Crippen LogP) is 1.68. The standard InChI is InChI=1S/C21H25N7O2/c1-15-13-19(26-9-11-30-12-10-26)24-20(23-15)16-3-7-27(8-4-16)21(29)17-14-18-22-5-2-6-28(18)25-17/h2,5-6,13-14,16H,3-4,7-12H2,1H3. The monoisotopic (exact) mass is 407 g/mol. The van der Waals surface area contributed by atoms with Crippen LogP contribution in [0.25, 0.3) is 5.65 Å². The second kappa shape index (κ2) is 7.98. The number of fused-ring (bicyclic) bond motifs is 1. The Morgan fingerprint density at radius 3 is 2.67 bits per heavy atom. The summed E-state index contributed by atoms with van der Waals surface area (Å²) in [6.07, 6.45) is 5.20. The van der Waals surface area contributed by atoms with Gasteiger partial charge in [0.05, 0.1) is 13.2 Å². The summed E-state index contributed by atoms with van der Waals surface area (Å²) in [6, 6.07) is 5.59. The van der Waals surface area contributed by atoms with Crippen molar-refractivity contribution < 1.29 is 9.53 Å². The van der Waals surface area contributed by atoms with Crippen LogP contribution in [0.4, 0.5) is 5.82 Å². The second-order valence-electron chi connectivity index (χ2n) is 7.84. The zero-order chi connectivity index (χ0) is 20.5. The number of piperidine rings is 1. The van der Waals surface area contributed by atoms with Gasteiger partial charge in [-0.15, -0.1) is 0 Å². The third-order valence-corrected chi connectivity index (χ3v) is 5.80. The Balaban J connectivity index is 1.27. The lowest BCUT2D eigenvalue weighted by Crippen LogP contribution is -2.39. The summed E-state index contributed by atoms with van der Waals surface area (Å²) in [5.74, 6) is 2.09. The van der Waals surface area contributed by atoms with Gasteiger partial charge in [-0.1, -0.05) is 0 Å². The maximum Gasteiger partial charge on any atom is 0.274 e. The van der Waals surface area contributed by atoms with Crippen LogP contribution in [0.3, 0.4) is 0 Å². The topological polar surface area (TPSA) is 88.8 Å². The molecule has 5 heterocycles. The number of anilines is 1. The Bertz CT molecular complexity index is 1020. The highest BCUT2D eigenvalue weighted by Gasteiger charge is 2.28. The molecule has 0 unspecified atom stereocenters. The average molecular weight is 407 g/mol. The van der Waals surface area contributed by atoms with Gasteiger partial charge in [0.1, 0.15) is 11.6 Å². The van der Waals surface area contributed by atoms with Crippen LogP contribution in [-0.2, 0) is 4.74 Å². The van der Waals surface area contributed by atoms with Crippen LogP contribution in [0.2, 0.25) is 0 Å². The molecule has 3 aromatic heterocycles. The summed E-state index contributed by atoms with van der Waals surface area (Å²) in [4.78, 5) is 30.9. The number of ether oxygens (including phenoxy) is 1. The maximum atomic E-state index is 12.9. The molecule has 30 heavy (non-hydrogen) atoms. The molecule has 2 aliphatic heterocycles. The minimum Gasteiger partial charge on any atom is -0.378 e. The van der Waals surface area contributed by atoms with E-state index in [1.807, 2.05) is 17.9 Å². The lowest BCUT2D eigenvalue weighted by Gasteiger charge is -2.32. The molecule has 156 valence electrons. The van der Waals surface area contributed by atoms with Crippen LogP contribution in [0.1, 0.15) is 40.8 Å². The molecule has 9 nitrogen and oxygen atoms in total. The molecule has 3 aromatic rings. The van der Waals surface area contributed by atoms with E-state index in [2.05, 4.69) is 15.0 Å². The van der Waals surface area contributed by atoms with E-state index in [1.165, 1.54) is 0 Å². The minimum atomic E-state index is -0.0434. The van der Waals surface area contributed by atoms with Crippen LogP contribution in [0, 0.1) is 6.92 Å². The van der Waals surface area contributed by atoms with Gasteiger partial charge in [0.25, 0.3) is 5.91 Å². The fraction of sp³-hybridized carbons (Fsp3) is 0.476. The van der Waals surface area contributed by atoms with Crippen molar-refractivity contribution in [3.05, 3.63) is 47.8 Å². The Morgan fingerprint density at radius 2 is 1.90 bits per heavy atom. The van der Waals surface area contributed by atoms with Crippen molar-refractivity contribution in [2.24, 2.45) is 0 Å². The Labute approximate surface area is 174 Å². The summed E-state index contributed by atoms with van der Waals surface area (Å²) in [5, 5.41) is 4.36. The molecular weight excluding hydrogens is 382 g/mol. The van der Waals surface area contributed by atoms with Gasteiger partial charge >= 0.3 is 0 Å². The van der Waals surface area contributed by atoms with Gasteiger partial charge in [0.2, 0.25) is 0 Å². The molecule has 0 aromatic carbocycles. The fourth-order valence-electron chi connectivity index (χ4n) is 4.15. The smallest absolute Gasteiger partial charge is 0.274 e. The Kier molecular flexibility index (Phi) is 5.04. The first kappa shape index (κ1) is 18.9. The van der Waals surface area contributed by atoms with Crippen LogP contribution in [-0.4, -0.2) is 74.8 Å². The molecule has 0 saturated carbocycles. The van der Waals surface area contributed by atoms with Crippen LogP contribution >= 0.6 is 0 Å². The van der Waals surface area contributed by atoms with Crippen molar-refractivity contribution in [3.8, 4) is 0 Å². The highest BCUT2D eigenvalue weighted by molar-refractivity contribution is 5.93. The zero-order valence-corrected chi connectivity index (χ0v) is 17.1. The SMILES string of the molecule is Cc1cc(N2CCOCC2)nc(C2CCN(C(=O)c3cc4ncccn4n3)CC2)n1. The van der Waals surface area contributed by atoms with Crippen molar-refractivity contribution in [2.45, 2.75) is 25.7 Å². The molecule has 2 aliphatic rings. The second-order valence-corrected chi connectivity index (χ2v) is 7.84. The van der Waals surface area contributed by atoms with E-state index < -0.39 is 0 Å². The summed E-state index contributed by atoms with van der Waals surface area (Å²) in [5.41, 5.74) is 2.10. The first-order chi connectivity index (χ1) is 14.7. The highest BCUT2D eigenvalue weighted by atomic mass is 16.5. The lowest BCUT2D eigenvalue weighted by molar-refractivity contribution is 0.0704. The van der Waals surface area contributed by atoms with Gasteiger partial charge in [0, 0.05) is 62.3 Å². The van der Waals surface area contributed by atoms with Crippen LogP contribution in [0.5, 0.6) is 0 Å². The number of likely N-dealkylation sites (tertiary alicyclic amines) is 1. The summed E-state index contributed by atoms with van der Waals surface area (Å²) in [7, 11) is 0. The fourth-order valence-corrected chi connectivity index (χ4v) is 4.15. The van der Waals surface area contributed by atoms with E-state index in [9.17, 15) is 4.79 Å². The van der Waals surface area contributed by atoms with Gasteiger partial charge in [0.15, 0.2) is 11.3 Å². The number of amides is 1. The largest absolute Gasteiger partial charge is 0.378 e. The number of hydrogen-bond donors (Lipinski definition) is 0. The quantitative estimate of drug-likeness (QED) is 0.653. The summed E-state index contributed by atoms with van der Waals surface area (Å²) < 4.78 is 7.09. The number of nitrogens with zero attached hydrogens (tertiary/aromatic N) is 7. The van der Waals surface area contributed by atoms with Gasteiger partial charge in [-0.3, -0.25) is 4.79 Å². The van der Waals surface area contributed by atoms with Crippen LogP contribution in [0.15, 0.2) is 30.6 Å². The highest BCUT2D eigenvalue weighted by Crippen LogP contribution is 2.28. The lowest BCUT2D eigenvalue weighted by atomic mass is 9.95.